The molecule has 0 unspecified atom stereocenters. The molecular formula is C15H24O2. The number of rotatable bonds is 0. The average Bonchev–Trinajstić information content (AvgIpc) is 2.99. The Balaban J connectivity index is 1.85. The molecule has 96 valence electrons. The Morgan fingerprint density at radius 1 is 1.18 bits per heavy atom. The van der Waals surface area contributed by atoms with Crippen molar-refractivity contribution in [3.05, 3.63) is 0 Å². The number of ether oxygens (including phenoxy) is 1. The summed E-state index contributed by atoms with van der Waals surface area (Å²) in [6.45, 7) is 9.41. The highest BCUT2D eigenvalue weighted by atomic mass is 16.7. The molecule has 0 radical (unpaired) electrons. The van der Waals surface area contributed by atoms with E-state index in [0.717, 1.165) is 18.8 Å². The number of hydrogen-bond acceptors (Lipinski definition) is 2. The third-order valence-electron chi connectivity index (χ3n) is 6.57. The molecule has 4 aliphatic rings. The Labute approximate surface area is 104 Å². The summed E-state index contributed by atoms with van der Waals surface area (Å²) in [5.74, 6) is 1.30. The molecule has 0 amide bonds. The lowest BCUT2D eigenvalue weighted by Crippen LogP contribution is -2.39. The van der Waals surface area contributed by atoms with E-state index in [0.29, 0.717) is 11.3 Å². The minimum atomic E-state index is -0.221. The lowest BCUT2D eigenvalue weighted by atomic mass is 9.73. The zero-order valence-corrected chi connectivity index (χ0v) is 11.4. The summed E-state index contributed by atoms with van der Waals surface area (Å²) >= 11 is 0. The largest absolute Gasteiger partial charge is 0.390 e. The van der Waals surface area contributed by atoms with Crippen molar-refractivity contribution in [2.24, 2.45) is 22.7 Å². The van der Waals surface area contributed by atoms with E-state index in [1.165, 1.54) is 12.8 Å². The van der Waals surface area contributed by atoms with Gasteiger partial charge in [0.25, 0.3) is 0 Å². The van der Waals surface area contributed by atoms with Crippen LogP contribution in [0.4, 0.5) is 0 Å². The SMILES string of the molecule is C[C@@H]1C[C@H](O)[C@]23O[C@@]12CC(C)(C)C[C@@H]1C[C@]13C. The smallest absolute Gasteiger partial charge is 0.129 e. The van der Waals surface area contributed by atoms with E-state index in [4.69, 9.17) is 4.74 Å². The van der Waals surface area contributed by atoms with E-state index in [1.54, 1.807) is 0 Å². The van der Waals surface area contributed by atoms with Crippen LogP contribution in [-0.4, -0.2) is 22.4 Å². The predicted octanol–water partition coefficient (Wildman–Crippen LogP) is 2.74. The molecular weight excluding hydrogens is 212 g/mol. The standard InChI is InChI=1S/C15H24O2/c1-9-5-11(16)15-13(4)7-10(13)6-12(2,3)8-14(9,15)17-15/h9-11,16H,5-8H2,1-4H3/t9-,10-,11+,13-,14+,15-/m1/s1. The molecule has 4 rings (SSSR count). The first kappa shape index (κ1) is 10.8. The lowest BCUT2D eigenvalue weighted by Gasteiger charge is -2.29. The first-order chi connectivity index (χ1) is 7.78. The van der Waals surface area contributed by atoms with Crippen LogP contribution in [0.3, 0.4) is 0 Å². The van der Waals surface area contributed by atoms with Gasteiger partial charge in [-0.05, 0) is 42.9 Å². The number of aliphatic hydroxyl groups excluding tert-OH is 1. The van der Waals surface area contributed by atoms with Crippen molar-refractivity contribution >= 4 is 0 Å². The van der Waals surface area contributed by atoms with Crippen molar-refractivity contribution in [2.45, 2.75) is 70.7 Å². The molecule has 1 aliphatic heterocycles. The highest BCUT2D eigenvalue weighted by Crippen LogP contribution is 2.83. The summed E-state index contributed by atoms with van der Waals surface area (Å²) in [4.78, 5) is 0. The van der Waals surface area contributed by atoms with Gasteiger partial charge < -0.3 is 9.84 Å². The Bertz CT molecular complexity index is 404. The molecule has 1 saturated heterocycles. The van der Waals surface area contributed by atoms with E-state index < -0.39 is 0 Å². The van der Waals surface area contributed by atoms with Crippen LogP contribution < -0.4 is 0 Å². The summed E-state index contributed by atoms with van der Waals surface area (Å²) in [6, 6.07) is 0. The van der Waals surface area contributed by atoms with Gasteiger partial charge in [-0.15, -0.1) is 0 Å². The molecule has 1 N–H and O–H groups in total. The predicted molar refractivity (Wildman–Crippen MR) is 65.6 cm³/mol. The lowest BCUT2D eigenvalue weighted by molar-refractivity contribution is 0.00265. The van der Waals surface area contributed by atoms with E-state index in [-0.39, 0.29) is 22.7 Å². The van der Waals surface area contributed by atoms with Crippen LogP contribution in [0.15, 0.2) is 0 Å². The monoisotopic (exact) mass is 236 g/mol. The van der Waals surface area contributed by atoms with Crippen molar-refractivity contribution in [2.75, 3.05) is 0 Å². The summed E-state index contributed by atoms with van der Waals surface area (Å²) in [5.41, 5.74) is 0.484. The van der Waals surface area contributed by atoms with Gasteiger partial charge in [-0.25, -0.2) is 0 Å². The first-order valence-electron chi connectivity index (χ1n) is 7.16. The van der Waals surface area contributed by atoms with Crippen LogP contribution in [-0.2, 0) is 4.74 Å². The average molecular weight is 236 g/mol. The van der Waals surface area contributed by atoms with Gasteiger partial charge in [0.15, 0.2) is 0 Å². The second-order valence-electron chi connectivity index (χ2n) is 8.24. The molecule has 2 nitrogen and oxygen atoms in total. The highest BCUT2D eigenvalue weighted by molar-refractivity contribution is 5.38. The van der Waals surface area contributed by atoms with Crippen LogP contribution in [0.2, 0.25) is 0 Å². The second-order valence-corrected chi connectivity index (χ2v) is 8.24. The Morgan fingerprint density at radius 2 is 1.88 bits per heavy atom. The van der Waals surface area contributed by atoms with Crippen LogP contribution in [0, 0.1) is 22.7 Å². The van der Waals surface area contributed by atoms with Crippen molar-refractivity contribution in [1.82, 2.24) is 0 Å². The third kappa shape index (κ3) is 0.920. The summed E-state index contributed by atoms with van der Waals surface area (Å²) in [7, 11) is 0. The fraction of sp³-hybridized carbons (Fsp3) is 1.00. The van der Waals surface area contributed by atoms with Gasteiger partial charge in [0.05, 0.1) is 6.10 Å². The molecule has 0 aromatic rings. The van der Waals surface area contributed by atoms with E-state index in [2.05, 4.69) is 27.7 Å². The molecule has 6 atom stereocenters. The van der Waals surface area contributed by atoms with E-state index in [1.807, 2.05) is 0 Å². The maximum Gasteiger partial charge on any atom is 0.129 e. The second kappa shape index (κ2) is 2.46. The van der Waals surface area contributed by atoms with Crippen molar-refractivity contribution < 1.29 is 9.84 Å². The molecule has 0 aromatic carbocycles. The molecule has 1 heterocycles. The summed E-state index contributed by atoms with van der Waals surface area (Å²) < 4.78 is 6.34. The Hall–Kier alpha value is -0.0800. The highest BCUT2D eigenvalue weighted by Gasteiger charge is 2.90. The van der Waals surface area contributed by atoms with Crippen LogP contribution in [0.25, 0.3) is 0 Å². The van der Waals surface area contributed by atoms with Gasteiger partial charge in [-0.3, -0.25) is 0 Å². The zero-order valence-electron chi connectivity index (χ0n) is 11.4. The molecule has 3 saturated carbocycles. The third-order valence-corrected chi connectivity index (χ3v) is 6.57. The van der Waals surface area contributed by atoms with Gasteiger partial charge in [-0.2, -0.15) is 0 Å². The van der Waals surface area contributed by atoms with Gasteiger partial charge in [0.2, 0.25) is 0 Å². The Morgan fingerprint density at radius 3 is 2.59 bits per heavy atom. The quantitative estimate of drug-likeness (QED) is 0.656. The van der Waals surface area contributed by atoms with Crippen molar-refractivity contribution in [3.8, 4) is 0 Å². The number of hydrogen-bond donors (Lipinski definition) is 1. The fourth-order valence-corrected chi connectivity index (χ4v) is 5.75. The van der Waals surface area contributed by atoms with Crippen molar-refractivity contribution in [3.63, 3.8) is 0 Å². The molecule has 2 heteroatoms. The number of epoxide rings is 1. The fourth-order valence-electron chi connectivity index (χ4n) is 5.75. The minimum Gasteiger partial charge on any atom is -0.390 e. The molecule has 0 bridgehead atoms. The van der Waals surface area contributed by atoms with Gasteiger partial charge >= 0.3 is 0 Å². The molecule has 3 aliphatic carbocycles. The number of aliphatic hydroxyl groups is 1. The normalized spacial score (nSPS) is 66.5. The minimum absolute atomic E-state index is 0.00984. The van der Waals surface area contributed by atoms with Gasteiger partial charge in [0, 0.05) is 5.41 Å². The molecule has 0 spiro atoms. The molecule has 17 heavy (non-hydrogen) atoms. The van der Waals surface area contributed by atoms with Crippen LogP contribution >= 0.6 is 0 Å². The van der Waals surface area contributed by atoms with E-state index >= 15 is 0 Å². The Kier molecular flexibility index (Phi) is 1.57. The molecule has 0 aromatic heterocycles. The maximum absolute atomic E-state index is 10.5. The zero-order chi connectivity index (χ0) is 12.3. The number of fused-ring (bicyclic) bond motifs is 1. The topological polar surface area (TPSA) is 32.8 Å². The first-order valence-corrected chi connectivity index (χ1v) is 7.16. The van der Waals surface area contributed by atoms with Gasteiger partial charge in [-0.1, -0.05) is 27.7 Å². The van der Waals surface area contributed by atoms with Crippen LogP contribution in [0.5, 0.6) is 0 Å². The van der Waals surface area contributed by atoms with E-state index in [9.17, 15) is 5.11 Å². The van der Waals surface area contributed by atoms with Gasteiger partial charge in [0.1, 0.15) is 11.2 Å². The summed E-state index contributed by atoms with van der Waals surface area (Å²) in [6.07, 6.45) is 4.45. The van der Waals surface area contributed by atoms with Crippen molar-refractivity contribution in [1.29, 1.82) is 0 Å². The maximum atomic E-state index is 10.5. The molecule has 4 fully saturated rings. The van der Waals surface area contributed by atoms with Crippen LogP contribution in [0.1, 0.15) is 53.4 Å². The summed E-state index contributed by atoms with van der Waals surface area (Å²) in [5, 5.41) is 10.5.